The Morgan fingerprint density at radius 3 is 2.09 bits per heavy atom. The highest BCUT2D eigenvalue weighted by Gasteiger charge is 2.25. The summed E-state index contributed by atoms with van der Waals surface area (Å²) in [6, 6.07) is 11.9. The molecule has 0 atom stereocenters. The van der Waals surface area contributed by atoms with Crippen molar-refractivity contribution in [2.45, 2.75) is 35.5 Å². The molecule has 0 unspecified atom stereocenters. The fourth-order valence-electron chi connectivity index (χ4n) is 3.33. The molecule has 0 bridgehead atoms. The number of hydrogen-bond donors (Lipinski definition) is 2. The highest BCUT2D eigenvalue weighted by Crippen LogP contribution is 2.22. The Hall–Kier alpha value is -2.47. The number of sulfonamides is 2. The lowest BCUT2D eigenvalue weighted by molar-refractivity contribution is -0.116. The SMILES string of the molecule is COc1ccc(S(=O)(=O)NCCC(=O)Nc2ccc(S(=O)(=O)N3CCCCC3)cc2)cc1. The van der Waals surface area contributed by atoms with Gasteiger partial charge in [-0.05, 0) is 61.4 Å². The van der Waals surface area contributed by atoms with Gasteiger partial charge in [0.2, 0.25) is 26.0 Å². The summed E-state index contributed by atoms with van der Waals surface area (Å²) in [5.41, 5.74) is 0.436. The van der Waals surface area contributed by atoms with Crippen LogP contribution in [0.3, 0.4) is 0 Å². The molecular formula is C21H27N3O6S2. The van der Waals surface area contributed by atoms with E-state index < -0.39 is 26.0 Å². The zero-order chi connectivity index (χ0) is 23.2. The van der Waals surface area contributed by atoms with Gasteiger partial charge in [-0.1, -0.05) is 6.42 Å². The Kier molecular flexibility index (Phi) is 7.88. The molecule has 3 rings (SSSR count). The van der Waals surface area contributed by atoms with E-state index >= 15 is 0 Å². The van der Waals surface area contributed by atoms with Crippen LogP contribution < -0.4 is 14.8 Å². The van der Waals surface area contributed by atoms with Gasteiger partial charge >= 0.3 is 0 Å². The van der Waals surface area contributed by atoms with Gasteiger partial charge in [-0.25, -0.2) is 21.6 Å². The van der Waals surface area contributed by atoms with Gasteiger partial charge in [-0.15, -0.1) is 0 Å². The first-order valence-electron chi connectivity index (χ1n) is 10.3. The molecule has 2 N–H and O–H groups in total. The largest absolute Gasteiger partial charge is 0.497 e. The minimum atomic E-state index is -3.74. The number of ether oxygens (including phenoxy) is 1. The molecular weight excluding hydrogens is 454 g/mol. The first-order chi connectivity index (χ1) is 15.2. The fraction of sp³-hybridized carbons (Fsp3) is 0.381. The molecule has 1 aliphatic heterocycles. The van der Waals surface area contributed by atoms with Crippen LogP contribution in [0.2, 0.25) is 0 Å². The second-order valence-electron chi connectivity index (χ2n) is 7.36. The zero-order valence-electron chi connectivity index (χ0n) is 17.8. The Balaban J connectivity index is 1.51. The second-order valence-corrected chi connectivity index (χ2v) is 11.1. The van der Waals surface area contributed by atoms with Crippen LogP contribution in [-0.4, -0.2) is 53.8 Å². The molecule has 1 heterocycles. The average molecular weight is 482 g/mol. The van der Waals surface area contributed by atoms with Gasteiger partial charge in [-0.2, -0.15) is 4.31 Å². The number of nitrogens with zero attached hydrogens (tertiary/aromatic N) is 1. The smallest absolute Gasteiger partial charge is 0.243 e. The van der Waals surface area contributed by atoms with Crippen molar-refractivity contribution in [3.63, 3.8) is 0 Å². The lowest BCUT2D eigenvalue weighted by Crippen LogP contribution is -2.35. The van der Waals surface area contributed by atoms with E-state index in [1.165, 1.54) is 59.9 Å². The van der Waals surface area contributed by atoms with Crippen LogP contribution >= 0.6 is 0 Å². The number of carbonyl (C=O) groups excluding carboxylic acids is 1. The second kappa shape index (κ2) is 10.4. The molecule has 2 aromatic carbocycles. The molecule has 11 heteroatoms. The summed E-state index contributed by atoms with van der Waals surface area (Å²) in [7, 11) is -5.79. The number of hydrogen-bond acceptors (Lipinski definition) is 6. The summed E-state index contributed by atoms with van der Waals surface area (Å²) in [5.74, 6) is 0.146. The number of rotatable bonds is 9. The topological polar surface area (TPSA) is 122 Å². The van der Waals surface area contributed by atoms with E-state index in [9.17, 15) is 21.6 Å². The minimum Gasteiger partial charge on any atom is -0.497 e. The van der Waals surface area contributed by atoms with Gasteiger partial charge < -0.3 is 10.1 Å². The Labute approximate surface area is 188 Å². The molecule has 9 nitrogen and oxygen atoms in total. The van der Waals surface area contributed by atoms with Crippen molar-refractivity contribution in [1.29, 1.82) is 0 Å². The normalized spacial score (nSPS) is 15.3. The van der Waals surface area contributed by atoms with E-state index in [0.29, 0.717) is 24.5 Å². The van der Waals surface area contributed by atoms with Crippen molar-refractivity contribution in [3.8, 4) is 5.75 Å². The zero-order valence-corrected chi connectivity index (χ0v) is 19.4. The maximum atomic E-state index is 12.7. The third-order valence-corrected chi connectivity index (χ3v) is 8.49. The Morgan fingerprint density at radius 1 is 0.906 bits per heavy atom. The Bertz CT molecular complexity index is 1130. The summed E-state index contributed by atoms with van der Waals surface area (Å²) < 4.78 is 58.8. The maximum Gasteiger partial charge on any atom is 0.243 e. The van der Waals surface area contributed by atoms with Crippen LogP contribution in [0.4, 0.5) is 5.69 Å². The lowest BCUT2D eigenvalue weighted by atomic mass is 10.2. The predicted molar refractivity (Wildman–Crippen MR) is 120 cm³/mol. The molecule has 1 amide bonds. The molecule has 0 radical (unpaired) electrons. The summed E-state index contributed by atoms with van der Waals surface area (Å²) in [6.45, 7) is 0.960. The van der Waals surface area contributed by atoms with Crippen LogP contribution in [0.15, 0.2) is 58.3 Å². The van der Waals surface area contributed by atoms with Crippen LogP contribution in [0.25, 0.3) is 0 Å². The molecule has 0 aliphatic carbocycles. The number of piperidine rings is 1. The predicted octanol–water partition coefficient (Wildman–Crippen LogP) is 2.18. The van der Waals surface area contributed by atoms with E-state index in [2.05, 4.69) is 10.0 Å². The number of anilines is 1. The molecule has 1 aliphatic rings. The van der Waals surface area contributed by atoms with Gasteiger partial charge in [-0.3, -0.25) is 4.79 Å². The number of methoxy groups -OCH3 is 1. The highest BCUT2D eigenvalue weighted by atomic mass is 32.2. The molecule has 1 fully saturated rings. The molecule has 32 heavy (non-hydrogen) atoms. The van der Waals surface area contributed by atoms with Crippen molar-refractivity contribution in [2.75, 3.05) is 32.1 Å². The highest BCUT2D eigenvalue weighted by molar-refractivity contribution is 7.89. The quantitative estimate of drug-likeness (QED) is 0.566. The summed E-state index contributed by atoms with van der Waals surface area (Å²) >= 11 is 0. The van der Waals surface area contributed by atoms with E-state index in [4.69, 9.17) is 4.74 Å². The van der Waals surface area contributed by atoms with Gasteiger partial charge in [0.15, 0.2) is 0 Å². The van der Waals surface area contributed by atoms with Crippen molar-refractivity contribution in [1.82, 2.24) is 9.03 Å². The molecule has 1 saturated heterocycles. The average Bonchev–Trinajstić information content (AvgIpc) is 2.80. The van der Waals surface area contributed by atoms with Gasteiger partial charge in [0, 0.05) is 31.7 Å². The van der Waals surface area contributed by atoms with Crippen molar-refractivity contribution in [3.05, 3.63) is 48.5 Å². The van der Waals surface area contributed by atoms with Crippen LogP contribution in [0, 0.1) is 0 Å². The number of amides is 1. The van der Waals surface area contributed by atoms with Crippen LogP contribution in [0.1, 0.15) is 25.7 Å². The maximum absolute atomic E-state index is 12.7. The summed E-state index contributed by atoms with van der Waals surface area (Å²) in [6.07, 6.45) is 2.67. The molecule has 2 aromatic rings. The van der Waals surface area contributed by atoms with E-state index in [1.54, 1.807) is 0 Å². The lowest BCUT2D eigenvalue weighted by Gasteiger charge is -2.25. The van der Waals surface area contributed by atoms with Crippen LogP contribution in [0.5, 0.6) is 5.75 Å². The monoisotopic (exact) mass is 481 g/mol. The molecule has 0 spiro atoms. The van der Waals surface area contributed by atoms with Gasteiger partial charge in [0.25, 0.3) is 0 Å². The van der Waals surface area contributed by atoms with Gasteiger partial charge in [0.1, 0.15) is 5.75 Å². The first kappa shape index (κ1) is 24.2. The Morgan fingerprint density at radius 2 is 1.50 bits per heavy atom. The third-order valence-electron chi connectivity index (χ3n) is 5.10. The van der Waals surface area contributed by atoms with E-state index in [0.717, 1.165) is 19.3 Å². The number of benzene rings is 2. The summed E-state index contributed by atoms with van der Waals surface area (Å²) in [5, 5.41) is 2.64. The van der Waals surface area contributed by atoms with E-state index in [1.807, 2.05) is 0 Å². The molecule has 0 saturated carbocycles. The number of nitrogens with one attached hydrogen (secondary N) is 2. The van der Waals surface area contributed by atoms with Crippen molar-refractivity contribution >= 4 is 31.6 Å². The molecule has 0 aromatic heterocycles. The fourth-order valence-corrected chi connectivity index (χ4v) is 5.87. The van der Waals surface area contributed by atoms with Crippen LogP contribution in [-0.2, 0) is 24.8 Å². The van der Waals surface area contributed by atoms with Gasteiger partial charge in [0.05, 0.1) is 16.9 Å². The van der Waals surface area contributed by atoms with Crippen molar-refractivity contribution in [2.24, 2.45) is 0 Å². The van der Waals surface area contributed by atoms with Crippen molar-refractivity contribution < 1.29 is 26.4 Å². The standard InChI is InChI=1S/C21H27N3O6S2/c1-30-18-7-11-19(12-8-18)31(26,27)22-14-13-21(25)23-17-5-9-20(10-6-17)32(28,29)24-15-3-2-4-16-24/h5-12,22H,2-4,13-16H2,1H3,(H,23,25). The number of carbonyl (C=O) groups is 1. The summed E-state index contributed by atoms with van der Waals surface area (Å²) in [4.78, 5) is 12.4. The molecule has 174 valence electrons. The third kappa shape index (κ3) is 6.06. The first-order valence-corrected chi connectivity index (χ1v) is 13.2. The van der Waals surface area contributed by atoms with E-state index in [-0.39, 0.29) is 22.8 Å². The minimum absolute atomic E-state index is 0.0733.